The smallest absolute Gasteiger partial charge is 0.240 e. The van der Waals surface area contributed by atoms with Crippen molar-refractivity contribution < 1.29 is 18.6 Å². The van der Waals surface area contributed by atoms with Gasteiger partial charge in [0, 0.05) is 13.1 Å². The van der Waals surface area contributed by atoms with Gasteiger partial charge in [0.1, 0.15) is 6.61 Å². The van der Waals surface area contributed by atoms with Crippen molar-refractivity contribution >= 4 is 22.9 Å². The number of aliphatic hydroxyl groups excluding tert-OH is 1. The van der Waals surface area contributed by atoms with Crippen LogP contribution in [0, 0.1) is 5.92 Å². The van der Waals surface area contributed by atoms with E-state index < -0.39 is 30.3 Å². The van der Waals surface area contributed by atoms with Crippen LogP contribution >= 0.6 is 0 Å². The number of hydrogen-bond acceptors (Lipinski definition) is 7. The molecule has 0 unspecified atom stereocenters. The number of anilines is 2. The molecule has 0 amide bonds. The number of aromatic nitrogens is 4. The van der Waals surface area contributed by atoms with Gasteiger partial charge in [-0.1, -0.05) is 6.92 Å². The first-order valence-electron chi connectivity index (χ1n) is 8.58. The predicted octanol–water partition coefficient (Wildman–Crippen LogP) is 1.56. The first-order chi connectivity index (χ1) is 12.2. The van der Waals surface area contributed by atoms with Crippen LogP contribution in [-0.2, 0) is 4.74 Å². The van der Waals surface area contributed by atoms with Gasteiger partial charge in [-0.15, -0.1) is 0 Å². The second kappa shape index (κ2) is 5.46. The van der Waals surface area contributed by atoms with E-state index in [2.05, 4.69) is 15.0 Å². The molecule has 2 aromatic heterocycles. The Bertz CT molecular complexity index is 855. The highest BCUT2D eigenvalue weighted by Gasteiger charge is 2.62. The van der Waals surface area contributed by atoms with E-state index in [9.17, 15) is 9.50 Å². The minimum absolute atomic E-state index is 0.0158. The minimum Gasteiger partial charge on any atom is -0.390 e. The van der Waals surface area contributed by atoms with Crippen molar-refractivity contribution in [2.75, 3.05) is 24.3 Å². The summed E-state index contributed by atoms with van der Waals surface area (Å²) in [6.07, 6.45) is 2.11. The molecule has 0 bridgehead atoms. The number of halogens is 2. The molecule has 2 fully saturated rings. The van der Waals surface area contributed by atoms with Gasteiger partial charge in [0.05, 0.1) is 12.2 Å². The fraction of sp³-hybridized carbons (Fsp3) is 0.688. The van der Waals surface area contributed by atoms with Crippen molar-refractivity contribution in [2.45, 2.75) is 50.5 Å². The summed E-state index contributed by atoms with van der Waals surface area (Å²) in [7, 11) is 1.89. The summed E-state index contributed by atoms with van der Waals surface area (Å²) < 4.78 is 36.7. The summed E-state index contributed by atoms with van der Waals surface area (Å²) in [6.45, 7) is 1.67. The van der Waals surface area contributed by atoms with Crippen LogP contribution in [0.4, 0.5) is 20.5 Å². The highest BCUT2D eigenvalue weighted by atomic mass is 19.2. The van der Waals surface area contributed by atoms with Crippen LogP contribution in [-0.4, -0.2) is 55.8 Å². The van der Waals surface area contributed by atoms with Crippen molar-refractivity contribution in [1.82, 2.24) is 19.5 Å². The van der Waals surface area contributed by atoms with E-state index in [1.165, 1.54) is 24.7 Å². The number of imidazole rings is 1. The van der Waals surface area contributed by atoms with Gasteiger partial charge in [-0.25, -0.2) is 13.8 Å². The summed E-state index contributed by atoms with van der Waals surface area (Å²) in [5.74, 6) is -3.11. The fourth-order valence-electron chi connectivity index (χ4n) is 3.51. The van der Waals surface area contributed by atoms with Crippen LogP contribution < -0.4 is 10.6 Å². The summed E-state index contributed by atoms with van der Waals surface area (Å²) in [5.41, 5.74) is 4.47. The first-order valence-corrected chi connectivity index (χ1v) is 8.58. The maximum Gasteiger partial charge on any atom is 0.240 e. The van der Waals surface area contributed by atoms with E-state index >= 15 is 4.39 Å². The molecule has 10 heteroatoms. The Labute approximate surface area is 149 Å². The lowest BCUT2D eigenvalue weighted by atomic mass is 9.88. The predicted molar refractivity (Wildman–Crippen MR) is 90.9 cm³/mol. The molecule has 2 aromatic rings. The van der Waals surface area contributed by atoms with Gasteiger partial charge in [-0.2, -0.15) is 9.97 Å². The average Bonchev–Trinajstić information content (AvgIpc) is 3.34. The fourth-order valence-corrected chi connectivity index (χ4v) is 3.51. The zero-order valence-corrected chi connectivity index (χ0v) is 14.9. The summed E-state index contributed by atoms with van der Waals surface area (Å²) in [4.78, 5) is 14.7. The number of rotatable bonds is 4. The van der Waals surface area contributed by atoms with Gasteiger partial charge >= 0.3 is 0 Å². The summed E-state index contributed by atoms with van der Waals surface area (Å²) >= 11 is 0. The van der Waals surface area contributed by atoms with Crippen molar-refractivity contribution in [3.63, 3.8) is 0 Å². The third-order valence-electron chi connectivity index (χ3n) is 5.60. The lowest BCUT2D eigenvalue weighted by molar-refractivity contribution is -0.191. The Morgan fingerprint density at radius 1 is 1.42 bits per heavy atom. The lowest BCUT2D eigenvalue weighted by Gasteiger charge is -2.25. The van der Waals surface area contributed by atoms with Crippen LogP contribution in [0.2, 0.25) is 0 Å². The molecule has 4 rings (SSSR count). The standard InChI is InChI=1S/C16H22F2N6O2/c1-8-15(2,17)13(26-16(8,18)6-25)24-7-20-10-11(23(3)9-4-5-9)21-14(19)22-12(10)24/h7-9,13,25H,4-6H2,1-3H3,(H2,19,21,22)/t8-,13+,15+,16+/m0/s1. The molecule has 1 saturated carbocycles. The number of nitrogens with zero attached hydrogens (tertiary/aromatic N) is 5. The van der Waals surface area contributed by atoms with Crippen molar-refractivity contribution in [2.24, 2.45) is 5.92 Å². The molecule has 1 aliphatic heterocycles. The maximum absolute atomic E-state index is 15.3. The lowest BCUT2D eigenvalue weighted by Crippen LogP contribution is -2.39. The molecule has 1 saturated heterocycles. The number of alkyl halides is 2. The number of aliphatic hydroxyl groups is 1. The SMILES string of the molecule is C[C@H]1[C@@](C)(F)[C@H](n2cnc3c(N(C)C4CC4)nc(N)nc32)O[C@]1(F)CO. The van der Waals surface area contributed by atoms with E-state index in [-0.39, 0.29) is 11.6 Å². The van der Waals surface area contributed by atoms with Crippen LogP contribution in [0.3, 0.4) is 0 Å². The Hall–Kier alpha value is -2.07. The molecule has 3 heterocycles. The van der Waals surface area contributed by atoms with Crippen molar-refractivity contribution in [1.29, 1.82) is 0 Å². The van der Waals surface area contributed by atoms with Gasteiger partial charge < -0.3 is 20.5 Å². The summed E-state index contributed by atoms with van der Waals surface area (Å²) in [5, 5.41) is 9.34. The van der Waals surface area contributed by atoms with E-state index in [0.29, 0.717) is 17.4 Å². The highest BCUT2D eigenvalue weighted by Crippen LogP contribution is 2.52. The largest absolute Gasteiger partial charge is 0.390 e. The van der Waals surface area contributed by atoms with Crippen LogP contribution in [0.1, 0.15) is 32.9 Å². The zero-order chi connectivity index (χ0) is 18.9. The van der Waals surface area contributed by atoms with Gasteiger partial charge in [0.25, 0.3) is 0 Å². The molecule has 3 N–H and O–H groups in total. The number of hydrogen-bond donors (Lipinski definition) is 2. The van der Waals surface area contributed by atoms with E-state index in [1.54, 1.807) is 0 Å². The van der Waals surface area contributed by atoms with E-state index in [4.69, 9.17) is 10.5 Å². The topological polar surface area (TPSA) is 102 Å². The van der Waals surface area contributed by atoms with Gasteiger partial charge in [-0.05, 0) is 19.8 Å². The third-order valence-corrected chi connectivity index (χ3v) is 5.60. The molecule has 26 heavy (non-hydrogen) atoms. The maximum atomic E-state index is 15.3. The molecular weight excluding hydrogens is 346 g/mol. The molecule has 0 aromatic carbocycles. The molecule has 142 valence electrons. The molecule has 0 radical (unpaired) electrons. The molecule has 4 atom stereocenters. The molecule has 1 aliphatic carbocycles. The Morgan fingerprint density at radius 3 is 2.69 bits per heavy atom. The Kier molecular flexibility index (Phi) is 3.65. The monoisotopic (exact) mass is 368 g/mol. The molecule has 0 spiro atoms. The van der Waals surface area contributed by atoms with Gasteiger partial charge in [-0.3, -0.25) is 4.57 Å². The van der Waals surface area contributed by atoms with E-state index in [1.807, 2.05) is 11.9 Å². The quantitative estimate of drug-likeness (QED) is 0.844. The average molecular weight is 368 g/mol. The molecular formula is C16H22F2N6O2. The number of ether oxygens (including phenoxy) is 1. The number of nitrogens with two attached hydrogens (primary N) is 1. The van der Waals surface area contributed by atoms with Gasteiger partial charge in [0.15, 0.2) is 28.9 Å². The Balaban J connectivity index is 1.83. The third kappa shape index (κ3) is 2.35. The molecule has 2 aliphatic rings. The van der Waals surface area contributed by atoms with Crippen LogP contribution in [0.15, 0.2) is 6.33 Å². The van der Waals surface area contributed by atoms with Crippen molar-refractivity contribution in [3.8, 4) is 0 Å². The normalized spacial score (nSPS) is 34.5. The zero-order valence-electron chi connectivity index (χ0n) is 14.9. The minimum atomic E-state index is -2.49. The second-order valence-corrected chi connectivity index (χ2v) is 7.36. The van der Waals surface area contributed by atoms with Gasteiger partial charge in [0.2, 0.25) is 11.8 Å². The van der Waals surface area contributed by atoms with Crippen molar-refractivity contribution in [3.05, 3.63) is 6.33 Å². The number of fused-ring (bicyclic) bond motifs is 1. The Morgan fingerprint density at radius 2 is 2.12 bits per heavy atom. The van der Waals surface area contributed by atoms with E-state index in [0.717, 1.165) is 12.8 Å². The molecule has 8 nitrogen and oxygen atoms in total. The summed E-state index contributed by atoms with van der Waals surface area (Å²) in [6, 6.07) is 0.361. The first kappa shape index (κ1) is 17.3. The second-order valence-electron chi connectivity index (χ2n) is 7.36. The van der Waals surface area contributed by atoms with Crippen LogP contribution in [0.25, 0.3) is 11.2 Å². The number of nitrogen functional groups attached to an aromatic ring is 1. The van der Waals surface area contributed by atoms with Crippen LogP contribution in [0.5, 0.6) is 0 Å². The highest BCUT2D eigenvalue weighted by molar-refractivity contribution is 5.85.